The van der Waals surface area contributed by atoms with Crippen molar-refractivity contribution >= 4 is 29.3 Å². The van der Waals surface area contributed by atoms with Crippen molar-refractivity contribution < 1.29 is 24.0 Å². The summed E-state index contributed by atoms with van der Waals surface area (Å²) in [6, 6.07) is 4.72. The number of amides is 1. The Hall–Kier alpha value is -4.29. The molecule has 2 atom stereocenters. The van der Waals surface area contributed by atoms with Crippen LogP contribution in [0.15, 0.2) is 40.7 Å². The number of ether oxygens (including phenoxy) is 2. The van der Waals surface area contributed by atoms with Gasteiger partial charge in [0.2, 0.25) is 5.16 Å². The molecule has 18 heteroatoms. The number of benzene rings is 1. The van der Waals surface area contributed by atoms with Crippen LogP contribution in [0.25, 0.3) is 0 Å². The number of nitrogens with one attached hydrogen (secondary N) is 1. The Labute approximate surface area is 205 Å². The summed E-state index contributed by atoms with van der Waals surface area (Å²) < 4.78 is 12.6. The second kappa shape index (κ2) is 9.76. The van der Waals surface area contributed by atoms with Crippen LogP contribution in [0.1, 0.15) is 11.4 Å². The van der Waals surface area contributed by atoms with E-state index in [9.17, 15) is 19.7 Å². The van der Waals surface area contributed by atoms with E-state index in [1.807, 2.05) is 0 Å². The number of nitro benzene ring substituents is 1. The van der Waals surface area contributed by atoms with Gasteiger partial charge >= 0.3 is 5.97 Å². The topological polar surface area (TPSA) is 223 Å². The highest BCUT2D eigenvalue weighted by Gasteiger charge is 2.52. The summed E-state index contributed by atoms with van der Waals surface area (Å²) in [5.41, 5.74) is 6.82. The second-order valence-electron chi connectivity index (χ2n) is 7.64. The molecule has 0 radical (unpaired) electrons. The number of aromatic nitrogens is 8. The predicted molar refractivity (Wildman–Crippen MR) is 116 cm³/mol. The third-order valence-electron chi connectivity index (χ3n) is 5.36. The summed E-state index contributed by atoms with van der Waals surface area (Å²) >= 11 is 1.22. The monoisotopic (exact) mass is 515 g/mol. The van der Waals surface area contributed by atoms with Crippen molar-refractivity contribution in [1.82, 2.24) is 45.7 Å². The lowest BCUT2D eigenvalue weighted by molar-refractivity contribution is -0.384. The van der Waals surface area contributed by atoms with Gasteiger partial charge in [0.05, 0.1) is 11.5 Å². The molecule has 17 nitrogen and oxygen atoms in total. The Bertz CT molecular complexity index is 1330. The first-order valence-corrected chi connectivity index (χ1v) is 11.3. The number of rotatable bonds is 9. The molecule has 2 aliphatic rings. The van der Waals surface area contributed by atoms with Crippen molar-refractivity contribution in [1.29, 1.82) is 0 Å². The molecule has 1 amide bonds. The molecule has 2 aliphatic heterocycles. The van der Waals surface area contributed by atoms with Gasteiger partial charge in [0, 0.05) is 17.9 Å². The van der Waals surface area contributed by atoms with Gasteiger partial charge in [-0.25, -0.2) is 14.6 Å². The number of hydrogen-bond donors (Lipinski definition) is 2. The number of thioether (sulfide) groups is 1. The first-order valence-electron chi connectivity index (χ1n) is 10.4. The molecule has 0 spiro atoms. The zero-order chi connectivity index (χ0) is 25.2. The van der Waals surface area contributed by atoms with Crippen molar-refractivity contribution in [2.75, 3.05) is 12.4 Å². The number of carbonyl (C=O) groups excluding carboxylic acids is 2. The molecular weight excluding hydrogens is 498 g/mol. The molecule has 0 bridgehead atoms. The summed E-state index contributed by atoms with van der Waals surface area (Å²) in [6.07, 6.45) is -0.766. The largest absolute Gasteiger partial charge is 0.456 e. The van der Waals surface area contributed by atoms with Crippen LogP contribution in [0.5, 0.6) is 0 Å². The molecule has 0 aliphatic carbocycles. The third kappa shape index (κ3) is 4.51. The maximum absolute atomic E-state index is 13.1. The fourth-order valence-electron chi connectivity index (χ4n) is 3.55. The van der Waals surface area contributed by atoms with Crippen LogP contribution in [0, 0.1) is 10.1 Å². The van der Waals surface area contributed by atoms with E-state index in [4.69, 9.17) is 15.2 Å². The molecule has 36 heavy (non-hydrogen) atoms. The van der Waals surface area contributed by atoms with Gasteiger partial charge in [0.1, 0.15) is 24.9 Å². The Morgan fingerprint density at radius 3 is 2.83 bits per heavy atom. The number of aromatic amines is 1. The average molecular weight is 515 g/mol. The van der Waals surface area contributed by atoms with Crippen molar-refractivity contribution in [2.24, 2.45) is 5.73 Å². The van der Waals surface area contributed by atoms with E-state index >= 15 is 0 Å². The smallest absolute Gasteiger partial charge is 0.355 e. The molecule has 5 rings (SSSR count). The van der Waals surface area contributed by atoms with E-state index in [2.05, 4.69) is 36.1 Å². The van der Waals surface area contributed by atoms with Crippen molar-refractivity contribution in [2.45, 2.75) is 30.6 Å². The fraction of sp³-hybridized carbons (Fsp3) is 0.333. The quantitative estimate of drug-likeness (QED) is 0.112. The normalized spacial score (nSPS) is 19.1. The van der Waals surface area contributed by atoms with Gasteiger partial charge in [-0.15, -0.1) is 10.2 Å². The van der Waals surface area contributed by atoms with Crippen LogP contribution >= 0.6 is 11.8 Å². The molecule has 1 fully saturated rings. The van der Waals surface area contributed by atoms with Crippen molar-refractivity contribution in [3.63, 3.8) is 0 Å². The SMILES string of the molecule is N[C@@H]1C(=O)N2C(C(=O)OCc3ccc([N+](=O)[O-])cc3)=C(CSc3nnnn3Cc3nnn[nH]3)COC12. The molecule has 4 heterocycles. The number of nitro groups is 1. The van der Waals surface area contributed by atoms with E-state index in [1.165, 1.54) is 45.6 Å². The minimum Gasteiger partial charge on any atom is -0.456 e. The number of hydrogen-bond acceptors (Lipinski definition) is 14. The third-order valence-corrected chi connectivity index (χ3v) is 6.41. The molecule has 1 unspecified atom stereocenters. The minimum atomic E-state index is -0.875. The zero-order valence-corrected chi connectivity index (χ0v) is 19.1. The van der Waals surface area contributed by atoms with E-state index in [-0.39, 0.29) is 36.9 Å². The van der Waals surface area contributed by atoms with Crippen LogP contribution in [0.3, 0.4) is 0 Å². The molecule has 3 aromatic rings. The van der Waals surface area contributed by atoms with Gasteiger partial charge in [0.15, 0.2) is 12.1 Å². The summed E-state index contributed by atoms with van der Waals surface area (Å²) in [7, 11) is 0. The Morgan fingerprint density at radius 1 is 1.31 bits per heavy atom. The Morgan fingerprint density at radius 2 is 2.11 bits per heavy atom. The lowest BCUT2D eigenvalue weighted by atomic mass is 10.00. The van der Waals surface area contributed by atoms with E-state index < -0.39 is 29.1 Å². The van der Waals surface area contributed by atoms with E-state index in [0.717, 1.165) is 0 Å². The van der Waals surface area contributed by atoms with Gasteiger partial charge in [-0.05, 0) is 44.1 Å². The zero-order valence-electron chi connectivity index (χ0n) is 18.3. The minimum absolute atomic E-state index is 0.0463. The maximum atomic E-state index is 13.1. The Balaban J connectivity index is 1.32. The molecular formula is C18H17N11O6S. The fourth-order valence-corrected chi connectivity index (χ4v) is 4.42. The lowest BCUT2D eigenvalue weighted by Gasteiger charge is -2.48. The number of nitrogens with zero attached hydrogens (tertiary/aromatic N) is 9. The van der Waals surface area contributed by atoms with Crippen molar-refractivity contribution in [3.05, 3.63) is 57.0 Å². The number of β-lactam (4-membered cyclic amide) rings is 1. The highest BCUT2D eigenvalue weighted by atomic mass is 32.2. The highest BCUT2D eigenvalue weighted by molar-refractivity contribution is 7.99. The number of non-ortho nitro benzene ring substituents is 1. The molecule has 1 saturated heterocycles. The average Bonchev–Trinajstić information content (AvgIpc) is 3.57. The predicted octanol–water partition coefficient (Wildman–Crippen LogP) is -1.24. The van der Waals surface area contributed by atoms with E-state index in [1.54, 1.807) is 0 Å². The second-order valence-corrected chi connectivity index (χ2v) is 8.59. The molecule has 0 saturated carbocycles. The first kappa shape index (κ1) is 23.5. The molecule has 186 valence electrons. The van der Waals surface area contributed by atoms with Gasteiger partial charge < -0.3 is 15.2 Å². The summed E-state index contributed by atoms with van der Waals surface area (Å²) in [4.78, 5) is 37.0. The molecule has 2 aromatic heterocycles. The van der Waals surface area contributed by atoms with Crippen LogP contribution in [-0.2, 0) is 32.2 Å². The number of H-pyrrole nitrogens is 1. The number of tetrazole rings is 2. The summed E-state index contributed by atoms with van der Waals surface area (Å²) in [5, 5.41) is 36.2. The number of nitrogens with two attached hydrogens (primary N) is 1. The number of esters is 1. The summed E-state index contributed by atoms with van der Waals surface area (Å²) in [5.74, 6) is -0.553. The van der Waals surface area contributed by atoms with Crippen LogP contribution in [-0.4, -0.2) is 87.2 Å². The first-order chi connectivity index (χ1) is 17.4. The maximum Gasteiger partial charge on any atom is 0.355 e. The van der Waals surface area contributed by atoms with Gasteiger partial charge in [-0.2, -0.15) is 0 Å². The van der Waals surface area contributed by atoms with E-state index in [0.29, 0.717) is 22.1 Å². The highest BCUT2D eigenvalue weighted by Crippen LogP contribution is 2.34. The summed E-state index contributed by atoms with van der Waals surface area (Å²) in [6.45, 7) is 0.0953. The molecule has 1 aromatic carbocycles. The van der Waals surface area contributed by atoms with Gasteiger partial charge in [-0.3, -0.25) is 19.8 Å². The standard InChI is InChI=1S/C18H17N11O6S/c19-13-15(30)28-14(17(31)35-6-9-1-3-11(4-2-9)29(32)33)10(7-34-16(13)28)8-36-18-22-25-26-27(18)5-12-20-23-24-21-12/h1-4,13,16H,5-8,19H2,(H,20,21,23,24)/t13-,16?/m1/s1. The van der Waals surface area contributed by atoms with Gasteiger partial charge in [-0.1, -0.05) is 11.8 Å². The van der Waals surface area contributed by atoms with Crippen LogP contribution in [0.4, 0.5) is 5.69 Å². The van der Waals surface area contributed by atoms with Crippen LogP contribution in [0.2, 0.25) is 0 Å². The van der Waals surface area contributed by atoms with Gasteiger partial charge in [0.25, 0.3) is 11.6 Å². The van der Waals surface area contributed by atoms with Crippen LogP contribution < -0.4 is 5.73 Å². The number of fused-ring (bicyclic) bond motifs is 1. The molecule has 3 N–H and O–H groups in total. The lowest BCUT2D eigenvalue weighted by Crippen LogP contribution is -2.71. The number of carbonyl (C=O) groups is 2. The van der Waals surface area contributed by atoms with Crippen molar-refractivity contribution in [3.8, 4) is 0 Å². The Kier molecular flexibility index (Phi) is 6.36.